The molecule has 0 fully saturated rings. The van der Waals surface area contributed by atoms with E-state index in [4.69, 9.17) is 12.2 Å². The topological polar surface area (TPSA) is 70.2 Å². The number of nitrogens with one attached hydrogen (secondary N) is 3. The molecule has 27 heavy (non-hydrogen) atoms. The second-order valence-corrected chi connectivity index (χ2v) is 7.77. The Morgan fingerprint density at radius 2 is 1.85 bits per heavy atom. The highest BCUT2D eigenvalue weighted by atomic mass is 127. The van der Waals surface area contributed by atoms with E-state index in [-0.39, 0.29) is 23.0 Å². The molecule has 2 aromatic carbocycles. The number of carbonyl (C=O) groups is 2. The summed E-state index contributed by atoms with van der Waals surface area (Å²) in [6, 6.07) is 12.6. The Labute approximate surface area is 178 Å². The Balaban J connectivity index is 2.08. The molecule has 0 aliphatic heterocycles. The smallest absolute Gasteiger partial charge is 0.257 e. The normalized spacial score (nSPS) is 11.4. The van der Waals surface area contributed by atoms with E-state index in [0.717, 1.165) is 15.6 Å². The van der Waals surface area contributed by atoms with Crippen molar-refractivity contribution in [2.24, 2.45) is 0 Å². The molecule has 0 aliphatic rings. The van der Waals surface area contributed by atoms with E-state index in [1.165, 1.54) is 0 Å². The van der Waals surface area contributed by atoms with Gasteiger partial charge in [0, 0.05) is 15.2 Å². The lowest BCUT2D eigenvalue weighted by Crippen LogP contribution is -2.36. The van der Waals surface area contributed by atoms with Crippen molar-refractivity contribution in [2.75, 3.05) is 5.32 Å². The number of thiocarbonyl (C=S) groups is 1. The van der Waals surface area contributed by atoms with Crippen LogP contribution in [0.1, 0.15) is 46.5 Å². The molecule has 2 aromatic rings. The van der Waals surface area contributed by atoms with Gasteiger partial charge < -0.3 is 10.6 Å². The Morgan fingerprint density at radius 1 is 1.15 bits per heavy atom. The van der Waals surface area contributed by atoms with E-state index in [9.17, 15) is 9.59 Å². The molecule has 5 nitrogen and oxygen atoms in total. The number of anilines is 1. The minimum absolute atomic E-state index is 0.0706. The van der Waals surface area contributed by atoms with Crippen LogP contribution in [0.2, 0.25) is 0 Å². The second-order valence-electron chi connectivity index (χ2n) is 6.20. The van der Waals surface area contributed by atoms with Crippen LogP contribution in [0.5, 0.6) is 0 Å². The molecular formula is C20H22IN3O2S. The largest absolute Gasteiger partial charge is 0.350 e. The van der Waals surface area contributed by atoms with Gasteiger partial charge in [0.2, 0.25) is 0 Å². The first-order chi connectivity index (χ1) is 12.8. The molecule has 0 heterocycles. The molecule has 3 N–H and O–H groups in total. The van der Waals surface area contributed by atoms with Crippen LogP contribution in [0.25, 0.3) is 0 Å². The number of carbonyl (C=O) groups excluding carboxylic acids is 2. The van der Waals surface area contributed by atoms with E-state index in [0.29, 0.717) is 16.8 Å². The van der Waals surface area contributed by atoms with Crippen molar-refractivity contribution >= 4 is 57.4 Å². The highest BCUT2D eigenvalue weighted by molar-refractivity contribution is 14.1. The molecule has 2 rings (SSSR count). The molecule has 142 valence electrons. The Kier molecular flexibility index (Phi) is 7.73. The molecular weight excluding hydrogens is 473 g/mol. The van der Waals surface area contributed by atoms with Crippen molar-refractivity contribution in [3.63, 3.8) is 0 Å². The third kappa shape index (κ3) is 6.00. The number of halogens is 1. The lowest BCUT2D eigenvalue weighted by atomic mass is 10.1. The van der Waals surface area contributed by atoms with Gasteiger partial charge in [-0.2, -0.15) is 0 Å². The van der Waals surface area contributed by atoms with Crippen molar-refractivity contribution in [1.82, 2.24) is 10.6 Å². The number of hydrogen-bond donors (Lipinski definition) is 3. The van der Waals surface area contributed by atoms with Gasteiger partial charge in [-0.3, -0.25) is 14.9 Å². The van der Waals surface area contributed by atoms with Gasteiger partial charge in [-0.1, -0.05) is 25.1 Å². The van der Waals surface area contributed by atoms with Gasteiger partial charge in [0.25, 0.3) is 11.8 Å². The fourth-order valence-electron chi connectivity index (χ4n) is 2.26. The summed E-state index contributed by atoms with van der Waals surface area (Å²) in [6.07, 6.45) is 0.838. The maximum absolute atomic E-state index is 12.4. The van der Waals surface area contributed by atoms with Crippen LogP contribution in [0.4, 0.5) is 5.69 Å². The zero-order valence-corrected chi connectivity index (χ0v) is 18.4. The zero-order chi connectivity index (χ0) is 20.0. The summed E-state index contributed by atoms with van der Waals surface area (Å²) < 4.78 is 1.01. The number of aryl methyl sites for hydroxylation is 1. The number of benzene rings is 2. The average molecular weight is 495 g/mol. The van der Waals surface area contributed by atoms with E-state index in [1.54, 1.807) is 36.4 Å². The maximum atomic E-state index is 12.4. The minimum Gasteiger partial charge on any atom is -0.350 e. The first kappa shape index (κ1) is 21.3. The molecule has 1 unspecified atom stereocenters. The number of hydrogen-bond acceptors (Lipinski definition) is 3. The average Bonchev–Trinajstić information content (AvgIpc) is 2.63. The zero-order valence-electron chi connectivity index (χ0n) is 15.4. The summed E-state index contributed by atoms with van der Waals surface area (Å²) in [7, 11) is 0. The van der Waals surface area contributed by atoms with Gasteiger partial charge in [0.1, 0.15) is 0 Å². The van der Waals surface area contributed by atoms with E-state index >= 15 is 0 Å². The molecule has 0 aliphatic carbocycles. The van der Waals surface area contributed by atoms with Crippen molar-refractivity contribution in [3.05, 3.63) is 62.7 Å². The molecule has 1 atom stereocenters. The fourth-order valence-corrected chi connectivity index (χ4v) is 2.97. The SMILES string of the molecule is CCC(C)NC(=O)c1ccccc1NC(=S)NC(=O)c1ccc(C)c(I)c1. The lowest BCUT2D eigenvalue weighted by Gasteiger charge is -2.16. The minimum atomic E-state index is -0.299. The summed E-state index contributed by atoms with van der Waals surface area (Å²) >= 11 is 7.44. The summed E-state index contributed by atoms with van der Waals surface area (Å²) in [5.74, 6) is -0.485. The summed E-state index contributed by atoms with van der Waals surface area (Å²) in [4.78, 5) is 24.8. The number of amides is 2. The van der Waals surface area contributed by atoms with Crippen molar-refractivity contribution in [2.45, 2.75) is 33.2 Å². The lowest BCUT2D eigenvalue weighted by molar-refractivity contribution is 0.0938. The number of rotatable bonds is 5. The molecule has 0 bridgehead atoms. The molecule has 2 amide bonds. The van der Waals surface area contributed by atoms with E-state index in [1.807, 2.05) is 26.8 Å². The van der Waals surface area contributed by atoms with Crippen LogP contribution < -0.4 is 16.0 Å². The van der Waals surface area contributed by atoms with E-state index < -0.39 is 0 Å². The van der Waals surface area contributed by atoms with Crippen molar-refractivity contribution < 1.29 is 9.59 Å². The third-order valence-electron chi connectivity index (χ3n) is 4.07. The van der Waals surface area contributed by atoms with Gasteiger partial charge in [-0.25, -0.2) is 0 Å². The van der Waals surface area contributed by atoms with Crippen LogP contribution in [0.15, 0.2) is 42.5 Å². The molecule has 0 aromatic heterocycles. The van der Waals surface area contributed by atoms with Gasteiger partial charge in [0.05, 0.1) is 11.3 Å². The standard InChI is InChI=1S/C20H22IN3O2S/c1-4-13(3)22-19(26)15-7-5-6-8-17(15)23-20(27)24-18(25)14-10-9-12(2)16(21)11-14/h5-11,13H,4H2,1-3H3,(H,22,26)(H2,23,24,25,27). The Morgan fingerprint density at radius 3 is 2.52 bits per heavy atom. The van der Waals surface area contributed by atoms with Gasteiger partial charge in [-0.15, -0.1) is 0 Å². The number of para-hydroxylation sites is 1. The molecule has 0 radical (unpaired) electrons. The Hall–Kier alpha value is -2.00. The quantitative estimate of drug-likeness (QED) is 0.429. The maximum Gasteiger partial charge on any atom is 0.257 e. The summed E-state index contributed by atoms with van der Waals surface area (Å²) in [5.41, 5.74) is 2.65. The monoisotopic (exact) mass is 495 g/mol. The highest BCUT2D eigenvalue weighted by Gasteiger charge is 2.15. The van der Waals surface area contributed by atoms with Crippen molar-refractivity contribution in [3.8, 4) is 0 Å². The van der Waals surface area contributed by atoms with Crippen LogP contribution >= 0.6 is 34.8 Å². The molecule has 7 heteroatoms. The van der Waals surface area contributed by atoms with Crippen LogP contribution in [0, 0.1) is 10.5 Å². The highest BCUT2D eigenvalue weighted by Crippen LogP contribution is 2.16. The predicted molar refractivity (Wildman–Crippen MR) is 121 cm³/mol. The summed E-state index contributed by atoms with van der Waals surface area (Å²) in [6.45, 7) is 5.94. The fraction of sp³-hybridized carbons (Fsp3) is 0.250. The first-order valence-electron chi connectivity index (χ1n) is 8.60. The van der Waals surface area contributed by atoms with Crippen LogP contribution in [-0.4, -0.2) is 23.0 Å². The van der Waals surface area contributed by atoms with Crippen LogP contribution in [0.3, 0.4) is 0 Å². The van der Waals surface area contributed by atoms with Crippen LogP contribution in [-0.2, 0) is 0 Å². The Bertz CT molecular complexity index is 870. The third-order valence-corrected chi connectivity index (χ3v) is 5.44. The van der Waals surface area contributed by atoms with Gasteiger partial charge in [-0.05, 0) is 84.9 Å². The molecule has 0 saturated carbocycles. The van der Waals surface area contributed by atoms with Crippen molar-refractivity contribution in [1.29, 1.82) is 0 Å². The molecule has 0 spiro atoms. The van der Waals surface area contributed by atoms with Gasteiger partial charge in [0.15, 0.2) is 5.11 Å². The first-order valence-corrected chi connectivity index (χ1v) is 10.1. The van der Waals surface area contributed by atoms with Gasteiger partial charge >= 0.3 is 0 Å². The predicted octanol–water partition coefficient (Wildman–Crippen LogP) is 4.25. The molecule has 0 saturated heterocycles. The van der Waals surface area contributed by atoms with E-state index in [2.05, 4.69) is 38.5 Å². The summed E-state index contributed by atoms with van der Waals surface area (Å²) in [5, 5.41) is 8.67. The second kappa shape index (κ2) is 9.80.